The fraction of sp³-hybridized carbons (Fsp3) is 0.650. The first-order chi connectivity index (χ1) is 12.1. The van der Waals surface area contributed by atoms with Crippen LogP contribution >= 0.6 is 0 Å². The minimum atomic E-state index is 0.127. The van der Waals surface area contributed by atoms with Crippen LogP contribution in [-0.4, -0.2) is 32.7 Å². The van der Waals surface area contributed by atoms with Crippen LogP contribution in [0.3, 0.4) is 0 Å². The number of hydrogen-bond donors (Lipinski definition) is 2. The van der Waals surface area contributed by atoms with Crippen LogP contribution in [0.15, 0.2) is 18.2 Å². The molecule has 0 aromatic heterocycles. The molecule has 2 aliphatic carbocycles. The Kier molecular flexibility index (Phi) is 5.84. The summed E-state index contributed by atoms with van der Waals surface area (Å²) in [6.07, 6.45) is 6.26. The van der Waals surface area contributed by atoms with Crippen LogP contribution < -0.4 is 20.5 Å². The smallest absolute Gasteiger partial charge is 0.223 e. The van der Waals surface area contributed by atoms with Crippen molar-refractivity contribution >= 4 is 5.91 Å². The Morgan fingerprint density at radius 3 is 2.56 bits per heavy atom. The molecule has 0 spiro atoms. The van der Waals surface area contributed by atoms with E-state index in [-0.39, 0.29) is 11.8 Å². The van der Waals surface area contributed by atoms with Gasteiger partial charge in [0.25, 0.3) is 0 Å². The van der Waals surface area contributed by atoms with E-state index in [1.165, 1.54) is 19.3 Å². The molecule has 1 aromatic carbocycles. The van der Waals surface area contributed by atoms with Crippen molar-refractivity contribution in [3.8, 4) is 11.5 Å². The van der Waals surface area contributed by atoms with Crippen molar-refractivity contribution in [1.29, 1.82) is 0 Å². The molecule has 138 valence electrons. The molecule has 2 aliphatic rings. The van der Waals surface area contributed by atoms with E-state index in [2.05, 4.69) is 5.32 Å². The molecule has 2 unspecified atom stereocenters. The van der Waals surface area contributed by atoms with Gasteiger partial charge in [-0.2, -0.15) is 0 Å². The highest BCUT2D eigenvalue weighted by Gasteiger charge is 2.40. The molecule has 3 N–H and O–H groups in total. The van der Waals surface area contributed by atoms with Crippen molar-refractivity contribution in [3.05, 3.63) is 23.8 Å². The molecular formula is C20H30N2O3. The lowest BCUT2D eigenvalue weighted by molar-refractivity contribution is -0.127. The Labute approximate surface area is 150 Å². The van der Waals surface area contributed by atoms with Crippen LogP contribution in [0.2, 0.25) is 0 Å². The number of benzene rings is 1. The second kappa shape index (κ2) is 8.09. The van der Waals surface area contributed by atoms with Crippen LogP contribution in [0.25, 0.3) is 0 Å². The SMILES string of the molecule is COc1ccc(OC)c(CCNC(=O)C2CC3CCCC(C2)C3N)c1. The van der Waals surface area contributed by atoms with E-state index in [0.717, 1.165) is 36.3 Å². The summed E-state index contributed by atoms with van der Waals surface area (Å²) in [6, 6.07) is 6.05. The first kappa shape index (κ1) is 18.1. The van der Waals surface area contributed by atoms with E-state index in [1.807, 2.05) is 18.2 Å². The second-order valence-electron chi connectivity index (χ2n) is 7.42. The zero-order valence-electron chi connectivity index (χ0n) is 15.3. The Hall–Kier alpha value is -1.75. The Morgan fingerprint density at radius 1 is 1.20 bits per heavy atom. The Balaban J connectivity index is 1.53. The zero-order chi connectivity index (χ0) is 17.8. The van der Waals surface area contributed by atoms with Gasteiger partial charge in [0, 0.05) is 18.5 Å². The first-order valence-corrected chi connectivity index (χ1v) is 9.36. The summed E-state index contributed by atoms with van der Waals surface area (Å²) < 4.78 is 10.7. The third-order valence-electron chi connectivity index (χ3n) is 5.96. The van der Waals surface area contributed by atoms with Crippen LogP contribution in [0.1, 0.15) is 37.7 Å². The van der Waals surface area contributed by atoms with Gasteiger partial charge in [0.15, 0.2) is 0 Å². The number of hydrogen-bond acceptors (Lipinski definition) is 4. The van der Waals surface area contributed by atoms with Gasteiger partial charge in [-0.05, 0) is 67.7 Å². The molecular weight excluding hydrogens is 316 g/mol. The molecule has 0 saturated heterocycles. The van der Waals surface area contributed by atoms with Crippen molar-refractivity contribution in [1.82, 2.24) is 5.32 Å². The Morgan fingerprint density at radius 2 is 1.92 bits per heavy atom. The fourth-order valence-electron chi connectivity index (χ4n) is 4.55. The molecule has 2 fully saturated rings. The number of rotatable bonds is 6. The number of nitrogens with one attached hydrogen (secondary N) is 1. The topological polar surface area (TPSA) is 73.6 Å². The highest BCUT2D eigenvalue weighted by atomic mass is 16.5. The van der Waals surface area contributed by atoms with Gasteiger partial charge < -0.3 is 20.5 Å². The molecule has 3 rings (SSSR count). The van der Waals surface area contributed by atoms with Gasteiger partial charge >= 0.3 is 0 Å². The molecule has 0 heterocycles. The number of carbonyl (C=O) groups is 1. The minimum Gasteiger partial charge on any atom is -0.497 e. The normalized spacial score (nSPS) is 28.3. The predicted molar refractivity (Wildman–Crippen MR) is 97.8 cm³/mol. The van der Waals surface area contributed by atoms with E-state index in [4.69, 9.17) is 15.2 Å². The summed E-state index contributed by atoms with van der Waals surface area (Å²) in [5, 5.41) is 3.12. The van der Waals surface area contributed by atoms with Crippen molar-refractivity contribution in [2.24, 2.45) is 23.5 Å². The number of nitrogens with two attached hydrogens (primary N) is 1. The summed E-state index contributed by atoms with van der Waals surface area (Å²) in [7, 11) is 3.31. The zero-order valence-corrected chi connectivity index (χ0v) is 15.3. The van der Waals surface area contributed by atoms with Gasteiger partial charge in [-0.25, -0.2) is 0 Å². The van der Waals surface area contributed by atoms with E-state index >= 15 is 0 Å². The summed E-state index contributed by atoms with van der Waals surface area (Å²) in [6.45, 7) is 0.611. The molecule has 5 heteroatoms. The lowest BCUT2D eigenvalue weighted by Gasteiger charge is -2.43. The third-order valence-corrected chi connectivity index (χ3v) is 5.96. The lowest BCUT2D eigenvalue weighted by Crippen LogP contribution is -2.49. The summed E-state index contributed by atoms with van der Waals surface area (Å²) in [4.78, 5) is 12.6. The maximum absolute atomic E-state index is 12.6. The standard InChI is InChI=1S/C20H30N2O3/c1-24-17-6-7-18(25-2)13(12-17)8-9-22-20(23)16-10-14-4-3-5-15(11-16)19(14)21/h6-7,12,14-16,19H,3-5,8-11,21H2,1-2H3,(H,22,23). The maximum atomic E-state index is 12.6. The van der Waals surface area contributed by atoms with Gasteiger partial charge in [0.1, 0.15) is 11.5 Å². The fourth-order valence-corrected chi connectivity index (χ4v) is 4.55. The molecule has 0 radical (unpaired) electrons. The van der Waals surface area contributed by atoms with Crippen molar-refractivity contribution in [3.63, 3.8) is 0 Å². The van der Waals surface area contributed by atoms with Crippen LogP contribution in [0, 0.1) is 17.8 Å². The maximum Gasteiger partial charge on any atom is 0.223 e. The van der Waals surface area contributed by atoms with Gasteiger partial charge in [-0.1, -0.05) is 6.42 Å². The van der Waals surface area contributed by atoms with Crippen LogP contribution in [0.5, 0.6) is 11.5 Å². The molecule has 2 bridgehead atoms. The summed E-state index contributed by atoms with van der Waals surface area (Å²) in [5.74, 6) is 3.00. The van der Waals surface area contributed by atoms with Crippen LogP contribution in [0.4, 0.5) is 0 Å². The number of ether oxygens (including phenoxy) is 2. The molecule has 1 amide bonds. The third kappa shape index (κ3) is 4.09. The lowest BCUT2D eigenvalue weighted by atomic mass is 9.65. The number of carbonyl (C=O) groups excluding carboxylic acids is 1. The number of methoxy groups -OCH3 is 2. The number of fused-ring (bicyclic) bond motifs is 2. The molecule has 5 nitrogen and oxygen atoms in total. The summed E-state index contributed by atoms with van der Waals surface area (Å²) >= 11 is 0. The van der Waals surface area contributed by atoms with E-state index in [1.54, 1.807) is 14.2 Å². The average molecular weight is 346 g/mol. The van der Waals surface area contributed by atoms with Crippen LogP contribution in [-0.2, 0) is 11.2 Å². The quantitative estimate of drug-likeness (QED) is 0.830. The van der Waals surface area contributed by atoms with E-state index in [9.17, 15) is 4.79 Å². The largest absolute Gasteiger partial charge is 0.497 e. The Bertz CT molecular complexity index is 591. The molecule has 0 aliphatic heterocycles. The predicted octanol–water partition coefficient (Wildman–Crippen LogP) is 2.52. The van der Waals surface area contributed by atoms with Crippen molar-refractivity contribution in [2.45, 2.75) is 44.6 Å². The molecule has 1 aromatic rings. The molecule has 2 atom stereocenters. The van der Waals surface area contributed by atoms with Gasteiger partial charge in [-0.15, -0.1) is 0 Å². The molecule has 2 saturated carbocycles. The van der Waals surface area contributed by atoms with Crippen molar-refractivity contribution < 1.29 is 14.3 Å². The van der Waals surface area contributed by atoms with Gasteiger partial charge in [0.2, 0.25) is 5.91 Å². The average Bonchev–Trinajstić information content (AvgIpc) is 2.61. The van der Waals surface area contributed by atoms with Gasteiger partial charge in [0.05, 0.1) is 14.2 Å². The summed E-state index contributed by atoms with van der Waals surface area (Å²) in [5.41, 5.74) is 7.37. The van der Waals surface area contributed by atoms with E-state index < -0.39 is 0 Å². The highest BCUT2D eigenvalue weighted by molar-refractivity contribution is 5.78. The highest BCUT2D eigenvalue weighted by Crippen LogP contribution is 2.41. The van der Waals surface area contributed by atoms with Crippen molar-refractivity contribution in [2.75, 3.05) is 20.8 Å². The van der Waals surface area contributed by atoms with Gasteiger partial charge in [-0.3, -0.25) is 4.79 Å². The number of amides is 1. The second-order valence-corrected chi connectivity index (χ2v) is 7.42. The first-order valence-electron chi connectivity index (χ1n) is 9.36. The van der Waals surface area contributed by atoms with E-state index in [0.29, 0.717) is 24.4 Å². The monoisotopic (exact) mass is 346 g/mol. The minimum absolute atomic E-state index is 0.127. The molecule has 25 heavy (non-hydrogen) atoms.